The van der Waals surface area contributed by atoms with Gasteiger partial charge in [-0.25, -0.2) is 5.26 Å². The van der Waals surface area contributed by atoms with E-state index in [2.05, 4.69) is 5.97 Å². The maximum atomic E-state index is 10.7. The molecule has 0 spiro atoms. The van der Waals surface area contributed by atoms with E-state index in [1.165, 1.54) is 0 Å². The normalized spacial score (nSPS) is 29.5. The lowest BCUT2D eigenvalue weighted by Crippen LogP contribution is -2.30. The molecule has 0 radical (unpaired) electrons. The molecule has 0 aliphatic carbocycles. The van der Waals surface area contributed by atoms with Crippen molar-refractivity contribution in [1.29, 1.82) is 5.26 Å². The molecular weight excluding hydrogens is 153 g/mol. The van der Waals surface area contributed by atoms with Crippen LogP contribution in [0.1, 0.15) is 13.3 Å². The minimum Gasteiger partial charge on any atom is -0.481 e. The van der Waals surface area contributed by atoms with Crippen LogP contribution in [0.5, 0.6) is 0 Å². The lowest BCUT2D eigenvalue weighted by atomic mass is 9.39. The van der Waals surface area contributed by atoms with Gasteiger partial charge >= 0.3 is 5.97 Å². The minimum atomic E-state index is -0.748. The van der Waals surface area contributed by atoms with E-state index in [4.69, 9.17) is 10.4 Å². The van der Waals surface area contributed by atoms with Crippen LogP contribution >= 0.6 is 0 Å². The van der Waals surface area contributed by atoms with E-state index in [-0.39, 0.29) is 12.6 Å². The van der Waals surface area contributed by atoms with Crippen molar-refractivity contribution in [1.82, 2.24) is 0 Å². The number of carboxylic acid groups (broad SMARTS) is 1. The molecule has 1 aliphatic heterocycles. The predicted molar refractivity (Wildman–Crippen MR) is 45.9 cm³/mol. The fourth-order valence-electron chi connectivity index (χ4n) is 1.91. The summed E-state index contributed by atoms with van der Waals surface area (Å²) in [5, 5.41) is 17.4. The van der Waals surface area contributed by atoms with Crippen molar-refractivity contribution < 1.29 is 9.90 Å². The van der Waals surface area contributed by atoms with Gasteiger partial charge in [0.1, 0.15) is 0 Å². The number of carboxylic acids is 1. The zero-order chi connectivity index (χ0) is 9.14. The zero-order valence-electron chi connectivity index (χ0n) is 7.16. The Bertz CT molecular complexity index is 224. The summed E-state index contributed by atoms with van der Waals surface area (Å²) in [6.45, 7) is 1.97. The topological polar surface area (TPSA) is 61.1 Å². The first kappa shape index (κ1) is 9.12. The molecule has 1 heterocycles. The Kier molecular flexibility index (Phi) is 2.75. The summed E-state index contributed by atoms with van der Waals surface area (Å²) in [5.41, 5.74) is 0. The van der Waals surface area contributed by atoms with E-state index < -0.39 is 5.97 Å². The quantitative estimate of drug-likeness (QED) is 0.595. The molecule has 0 aromatic heterocycles. The highest BCUT2D eigenvalue weighted by molar-refractivity contribution is 6.67. The third-order valence-electron chi connectivity index (χ3n) is 2.47. The molecule has 2 unspecified atom stereocenters. The molecule has 2 atom stereocenters. The van der Waals surface area contributed by atoms with E-state index in [1.54, 1.807) is 0 Å². The Morgan fingerprint density at radius 3 is 2.83 bits per heavy atom. The Hall–Kier alpha value is -0.975. The highest BCUT2D eigenvalue weighted by atomic mass is 16.4. The molecule has 4 heteroatoms. The van der Waals surface area contributed by atoms with Crippen molar-refractivity contribution in [2.45, 2.75) is 26.0 Å². The fraction of sp³-hybridized carbons (Fsp3) is 0.750. The number of hydrogen-bond donors (Lipinski definition) is 1. The molecule has 1 N–H and O–H groups in total. The maximum Gasteiger partial charge on any atom is 0.305 e. The molecular formula is C8H12BNO2. The fourth-order valence-corrected chi connectivity index (χ4v) is 1.91. The Morgan fingerprint density at radius 2 is 2.33 bits per heavy atom. The van der Waals surface area contributed by atoms with Gasteiger partial charge in [0.2, 0.25) is 0 Å². The second kappa shape index (κ2) is 3.62. The van der Waals surface area contributed by atoms with Crippen LogP contribution in [-0.4, -0.2) is 17.8 Å². The van der Waals surface area contributed by atoms with Gasteiger partial charge in [0, 0.05) is 5.97 Å². The van der Waals surface area contributed by atoms with Crippen molar-refractivity contribution in [2.24, 2.45) is 11.8 Å². The van der Waals surface area contributed by atoms with Gasteiger partial charge in [-0.3, -0.25) is 4.79 Å². The van der Waals surface area contributed by atoms with Gasteiger partial charge in [0.15, 0.2) is 0 Å². The highest BCUT2D eigenvalue weighted by Gasteiger charge is 2.33. The van der Waals surface area contributed by atoms with Gasteiger partial charge < -0.3 is 5.11 Å². The molecule has 64 valence electrons. The summed E-state index contributed by atoms with van der Waals surface area (Å²) in [7, 11) is 0. The standard InChI is InChI=1S/C8H12BNO2/c1-6-2-7(8(11)12)4-9(3-6)5-10/h6-7H,2-4H2,1H3,(H,11,12). The van der Waals surface area contributed by atoms with Crippen LogP contribution in [0.2, 0.25) is 12.6 Å². The smallest absolute Gasteiger partial charge is 0.305 e. The molecule has 1 rings (SSSR count). The second-order valence-corrected chi connectivity index (χ2v) is 3.67. The van der Waals surface area contributed by atoms with E-state index >= 15 is 0 Å². The first-order valence-corrected chi connectivity index (χ1v) is 4.26. The third-order valence-corrected chi connectivity index (χ3v) is 2.47. The average Bonchev–Trinajstić information content (AvgIpc) is 2.03. The highest BCUT2D eigenvalue weighted by Crippen LogP contribution is 2.29. The monoisotopic (exact) mass is 165 g/mol. The third kappa shape index (κ3) is 2.01. The van der Waals surface area contributed by atoms with Crippen molar-refractivity contribution in [3.8, 4) is 5.97 Å². The van der Waals surface area contributed by atoms with Gasteiger partial charge in [-0.15, -0.1) is 0 Å². The van der Waals surface area contributed by atoms with Gasteiger partial charge in [0.25, 0.3) is 6.71 Å². The van der Waals surface area contributed by atoms with Crippen molar-refractivity contribution >= 4 is 12.7 Å². The summed E-state index contributed by atoms with van der Waals surface area (Å²) in [4.78, 5) is 10.7. The maximum absolute atomic E-state index is 10.7. The number of carbonyl (C=O) groups is 1. The van der Waals surface area contributed by atoms with Crippen LogP contribution in [0, 0.1) is 23.1 Å². The molecule has 0 amide bonds. The molecule has 1 saturated heterocycles. The van der Waals surface area contributed by atoms with Gasteiger partial charge in [0.05, 0.1) is 5.92 Å². The Balaban J connectivity index is 2.58. The molecule has 0 aromatic carbocycles. The van der Waals surface area contributed by atoms with E-state index in [9.17, 15) is 4.79 Å². The van der Waals surface area contributed by atoms with Crippen LogP contribution in [0.4, 0.5) is 0 Å². The van der Waals surface area contributed by atoms with Gasteiger partial charge in [-0.05, 0) is 18.7 Å². The molecule has 1 fully saturated rings. The molecule has 0 aromatic rings. The summed E-state index contributed by atoms with van der Waals surface area (Å²) in [6.07, 6.45) is 2.13. The number of hydrogen-bond acceptors (Lipinski definition) is 2. The van der Waals surface area contributed by atoms with E-state index in [1.807, 2.05) is 6.92 Å². The SMILES string of the molecule is CC1CB(C#N)CC(C(=O)O)C1. The summed E-state index contributed by atoms with van der Waals surface area (Å²) in [5.74, 6) is 1.49. The summed E-state index contributed by atoms with van der Waals surface area (Å²) in [6, 6.07) is 0. The molecule has 0 bridgehead atoms. The van der Waals surface area contributed by atoms with Crippen LogP contribution in [0.25, 0.3) is 0 Å². The van der Waals surface area contributed by atoms with Gasteiger partial charge in [-0.2, -0.15) is 0 Å². The first-order valence-electron chi connectivity index (χ1n) is 4.26. The summed E-state index contributed by atoms with van der Waals surface area (Å²) >= 11 is 0. The second-order valence-electron chi connectivity index (χ2n) is 3.67. The van der Waals surface area contributed by atoms with Crippen LogP contribution in [0.15, 0.2) is 0 Å². The van der Waals surface area contributed by atoms with Crippen molar-refractivity contribution in [2.75, 3.05) is 0 Å². The number of rotatable bonds is 1. The Labute approximate surface area is 72.5 Å². The van der Waals surface area contributed by atoms with Crippen LogP contribution in [0.3, 0.4) is 0 Å². The van der Waals surface area contributed by atoms with Crippen LogP contribution < -0.4 is 0 Å². The minimum absolute atomic E-state index is 0.0464. The van der Waals surface area contributed by atoms with E-state index in [0.717, 1.165) is 12.7 Å². The first-order chi connectivity index (χ1) is 5.63. The van der Waals surface area contributed by atoms with Crippen LogP contribution in [-0.2, 0) is 4.79 Å². The number of aliphatic carboxylic acids is 1. The van der Waals surface area contributed by atoms with Crippen molar-refractivity contribution in [3.63, 3.8) is 0 Å². The largest absolute Gasteiger partial charge is 0.481 e. The van der Waals surface area contributed by atoms with Crippen molar-refractivity contribution in [3.05, 3.63) is 0 Å². The van der Waals surface area contributed by atoms with E-state index in [0.29, 0.717) is 12.2 Å². The predicted octanol–water partition coefficient (Wildman–Crippen LogP) is 1.28. The lowest BCUT2D eigenvalue weighted by Gasteiger charge is -2.25. The Morgan fingerprint density at radius 1 is 1.67 bits per heavy atom. The summed E-state index contributed by atoms with van der Waals surface area (Å²) < 4.78 is 0. The number of nitrogens with zero attached hydrogens (tertiary/aromatic N) is 1. The lowest BCUT2D eigenvalue weighted by molar-refractivity contribution is -0.141. The molecule has 1 aliphatic rings. The van der Waals surface area contributed by atoms with Gasteiger partial charge in [-0.1, -0.05) is 13.2 Å². The molecule has 3 nitrogen and oxygen atoms in total. The molecule has 12 heavy (non-hydrogen) atoms. The zero-order valence-corrected chi connectivity index (χ0v) is 7.16. The number of nitriles is 1. The average molecular weight is 165 g/mol. The molecule has 0 saturated carbocycles.